The smallest absolute Gasteiger partial charge is 0.369 e. The Bertz CT molecular complexity index is 1240. The van der Waals surface area contributed by atoms with E-state index in [-0.39, 0.29) is 62.9 Å². The fourth-order valence-electron chi connectivity index (χ4n) is 6.24. The molecule has 7 rings (SSSR count). The number of carbonyl (C=O) groups is 2. The summed E-state index contributed by atoms with van der Waals surface area (Å²) in [5, 5.41) is 3.33. The van der Waals surface area contributed by atoms with E-state index in [0.29, 0.717) is 32.1 Å². The van der Waals surface area contributed by atoms with E-state index < -0.39 is 30.4 Å². The van der Waals surface area contributed by atoms with Crippen LogP contribution in [-0.4, -0.2) is 66.0 Å². The van der Waals surface area contributed by atoms with Crippen LogP contribution >= 0.6 is 11.3 Å². The number of hydrogen-bond acceptors (Lipinski definition) is 6. The minimum Gasteiger partial charge on any atom is -0.369 e. The number of hydrogen-bond donors (Lipinski definition) is 1. The van der Waals surface area contributed by atoms with E-state index in [9.17, 15) is 35.9 Å². The molecule has 3 atom stereocenters. The SMILES string of the molecule is O=C1C[C@@H]2CC[C@H]1[C@@H](C(=O)N1CC3(C1)CN(c1c(C(F)(F)F)cnc4sc(CC(F)(F)F)cc14)C3)N2. The van der Waals surface area contributed by atoms with Crippen molar-refractivity contribution in [2.24, 2.45) is 11.3 Å². The number of thiophene rings is 1. The van der Waals surface area contributed by atoms with Crippen molar-refractivity contribution in [3.8, 4) is 0 Å². The van der Waals surface area contributed by atoms with Gasteiger partial charge in [-0.1, -0.05) is 0 Å². The number of rotatable bonds is 3. The fraction of sp³-hybridized carbons (Fsp3) is 0.609. The lowest BCUT2D eigenvalue weighted by molar-refractivity contribution is -0.154. The molecule has 1 saturated carbocycles. The third kappa shape index (κ3) is 3.94. The molecule has 0 aromatic carbocycles. The lowest BCUT2D eigenvalue weighted by Gasteiger charge is -2.62. The minimum absolute atomic E-state index is 0.0219. The van der Waals surface area contributed by atoms with Crippen molar-refractivity contribution in [2.75, 3.05) is 31.1 Å². The highest BCUT2D eigenvalue weighted by molar-refractivity contribution is 7.18. The van der Waals surface area contributed by atoms with Crippen LogP contribution in [0.1, 0.15) is 29.7 Å². The van der Waals surface area contributed by atoms with Gasteiger partial charge < -0.3 is 15.1 Å². The van der Waals surface area contributed by atoms with Gasteiger partial charge in [-0.2, -0.15) is 26.3 Å². The van der Waals surface area contributed by atoms with Gasteiger partial charge in [0, 0.05) is 66.4 Å². The topological polar surface area (TPSA) is 65.5 Å². The first-order valence-electron chi connectivity index (χ1n) is 11.7. The molecule has 2 aromatic heterocycles. The van der Waals surface area contributed by atoms with Crippen LogP contribution in [-0.2, 0) is 22.2 Å². The molecular formula is C23H22F6N4O2S. The molecule has 4 aliphatic heterocycles. The summed E-state index contributed by atoms with van der Waals surface area (Å²) in [4.78, 5) is 32.3. The third-order valence-corrected chi connectivity index (χ3v) is 8.81. The largest absolute Gasteiger partial charge is 0.419 e. The van der Waals surface area contributed by atoms with Gasteiger partial charge in [-0.15, -0.1) is 11.3 Å². The molecule has 1 amide bonds. The van der Waals surface area contributed by atoms with Crippen LogP contribution in [0.5, 0.6) is 0 Å². The van der Waals surface area contributed by atoms with Crippen molar-refractivity contribution in [3.63, 3.8) is 0 Å². The number of halogens is 6. The zero-order valence-corrected chi connectivity index (χ0v) is 19.7. The summed E-state index contributed by atoms with van der Waals surface area (Å²) in [7, 11) is 0. The monoisotopic (exact) mass is 532 g/mol. The highest BCUT2D eigenvalue weighted by Crippen LogP contribution is 2.49. The second kappa shape index (κ2) is 7.80. The molecule has 4 saturated heterocycles. The van der Waals surface area contributed by atoms with Gasteiger partial charge in [-0.05, 0) is 18.9 Å². The highest BCUT2D eigenvalue weighted by atomic mass is 32.1. The molecule has 6 nitrogen and oxygen atoms in total. The summed E-state index contributed by atoms with van der Waals surface area (Å²) in [5.74, 6) is -0.352. The molecule has 0 unspecified atom stereocenters. The van der Waals surface area contributed by atoms with Crippen LogP contribution in [0.25, 0.3) is 10.2 Å². The fourth-order valence-corrected chi connectivity index (χ4v) is 7.27. The van der Waals surface area contributed by atoms with Gasteiger partial charge in [0.25, 0.3) is 0 Å². The van der Waals surface area contributed by atoms with E-state index in [4.69, 9.17) is 0 Å². The molecule has 0 radical (unpaired) electrons. The number of Topliss-reactive ketones (excluding diaryl/α,β-unsaturated/α-hetero) is 1. The number of ketones is 1. The molecule has 2 bridgehead atoms. The first-order valence-corrected chi connectivity index (χ1v) is 12.5. The number of likely N-dealkylation sites (tertiary alicyclic amines) is 1. The zero-order valence-electron chi connectivity index (χ0n) is 18.9. The normalized spacial score (nSPS) is 27.5. The Morgan fingerprint density at radius 2 is 1.86 bits per heavy atom. The quantitative estimate of drug-likeness (QED) is 0.610. The second-order valence-electron chi connectivity index (χ2n) is 10.5. The van der Waals surface area contributed by atoms with Crippen LogP contribution in [0.3, 0.4) is 0 Å². The Morgan fingerprint density at radius 1 is 1.14 bits per heavy atom. The summed E-state index contributed by atoms with van der Waals surface area (Å²) in [5.41, 5.74) is -1.49. The summed E-state index contributed by atoms with van der Waals surface area (Å²) in [6.45, 7) is 1.27. The first kappa shape index (κ1) is 24.0. The van der Waals surface area contributed by atoms with E-state index in [0.717, 1.165) is 23.8 Å². The van der Waals surface area contributed by atoms with Crippen LogP contribution < -0.4 is 10.2 Å². The van der Waals surface area contributed by atoms with Gasteiger partial charge in [-0.3, -0.25) is 9.59 Å². The lowest BCUT2D eigenvalue weighted by Crippen LogP contribution is -2.75. The van der Waals surface area contributed by atoms with Gasteiger partial charge in [0.1, 0.15) is 10.6 Å². The van der Waals surface area contributed by atoms with Crippen LogP contribution in [0.2, 0.25) is 0 Å². The van der Waals surface area contributed by atoms with Crippen molar-refractivity contribution in [1.82, 2.24) is 15.2 Å². The predicted octanol–water partition coefficient (Wildman–Crippen LogP) is 3.78. The number of carbonyl (C=O) groups excluding carboxylic acids is 2. The number of nitrogens with zero attached hydrogens (tertiary/aromatic N) is 3. The van der Waals surface area contributed by atoms with Gasteiger partial charge in [-0.25, -0.2) is 4.98 Å². The molecule has 1 aliphatic carbocycles. The second-order valence-corrected chi connectivity index (χ2v) is 11.6. The van der Waals surface area contributed by atoms with Gasteiger partial charge in [0.2, 0.25) is 5.91 Å². The van der Waals surface area contributed by atoms with Crippen molar-refractivity contribution in [1.29, 1.82) is 0 Å². The molecule has 13 heteroatoms. The number of fused-ring (bicyclic) bond motifs is 4. The maximum Gasteiger partial charge on any atom is 0.419 e. The van der Waals surface area contributed by atoms with E-state index in [1.165, 1.54) is 4.90 Å². The van der Waals surface area contributed by atoms with Crippen LogP contribution in [0.4, 0.5) is 32.0 Å². The predicted molar refractivity (Wildman–Crippen MR) is 119 cm³/mol. The van der Waals surface area contributed by atoms with Gasteiger partial charge in [0.05, 0.1) is 23.7 Å². The van der Waals surface area contributed by atoms with E-state index in [1.54, 1.807) is 4.90 Å². The molecule has 6 heterocycles. The maximum atomic E-state index is 13.8. The summed E-state index contributed by atoms with van der Waals surface area (Å²) in [6, 6.07) is 0.648. The van der Waals surface area contributed by atoms with Crippen molar-refractivity contribution < 1.29 is 35.9 Å². The highest BCUT2D eigenvalue weighted by Gasteiger charge is 2.57. The van der Waals surface area contributed by atoms with Crippen LogP contribution in [0, 0.1) is 11.3 Å². The summed E-state index contributed by atoms with van der Waals surface area (Å²) >= 11 is 0.743. The molecule has 1 spiro atoms. The van der Waals surface area contributed by atoms with E-state index in [2.05, 4.69) is 10.3 Å². The Kier molecular flexibility index (Phi) is 5.19. The zero-order chi connectivity index (χ0) is 25.6. The molecule has 1 N–H and O–H groups in total. The van der Waals surface area contributed by atoms with E-state index in [1.807, 2.05) is 0 Å². The Morgan fingerprint density at radius 3 is 2.47 bits per heavy atom. The number of alkyl halides is 6. The Hall–Kier alpha value is -2.41. The lowest BCUT2D eigenvalue weighted by atomic mass is 9.70. The van der Waals surface area contributed by atoms with Gasteiger partial charge in [0.15, 0.2) is 0 Å². The van der Waals surface area contributed by atoms with Crippen molar-refractivity contribution in [2.45, 2.75) is 50.1 Å². The molecule has 36 heavy (non-hydrogen) atoms. The van der Waals surface area contributed by atoms with E-state index >= 15 is 0 Å². The van der Waals surface area contributed by atoms with Crippen LogP contribution in [0.15, 0.2) is 12.3 Å². The molecule has 194 valence electrons. The number of piperidine rings is 2. The number of pyridine rings is 1. The molecular weight excluding hydrogens is 510 g/mol. The van der Waals surface area contributed by atoms with Gasteiger partial charge >= 0.3 is 12.4 Å². The summed E-state index contributed by atoms with van der Waals surface area (Å²) in [6.07, 6.45) is -7.73. The standard InChI is InChI=1S/C23H22F6N4O2S/c24-22(25,26)5-12-4-14-18(15(23(27,28)29)6-30-19(14)36-12)32-7-21(8-32)9-33(10-21)20(35)17-13-2-1-11(31-17)3-16(13)34/h4,6,11,13,17,31H,1-3,5,7-10H2/t11-,13+,17-/m0/s1. The number of nitrogens with one attached hydrogen (secondary N) is 1. The average molecular weight is 533 g/mol. The summed E-state index contributed by atoms with van der Waals surface area (Å²) < 4.78 is 80.1. The molecule has 5 fully saturated rings. The minimum atomic E-state index is -4.72. The molecule has 5 aliphatic rings. The third-order valence-electron chi connectivity index (χ3n) is 7.77. The van der Waals surface area contributed by atoms with Crippen molar-refractivity contribution in [3.05, 3.63) is 22.7 Å². The Labute approximate surface area is 205 Å². The maximum absolute atomic E-state index is 13.8. The first-order chi connectivity index (χ1) is 16.8. The Balaban J connectivity index is 1.19. The number of amides is 1. The number of aromatic nitrogens is 1. The average Bonchev–Trinajstić information content (AvgIpc) is 3.11. The van der Waals surface area contributed by atoms with Crippen molar-refractivity contribution >= 4 is 38.9 Å². The molecule has 2 aromatic rings. The number of anilines is 1.